The zero-order valence-electron chi connectivity index (χ0n) is 9.06. The molecule has 88 valence electrons. The van der Waals surface area contributed by atoms with E-state index in [0.29, 0.717) is 6.54 Å². The van der Waals surface area contributed by atoms with Gasteiger partial charge in [-0.25, -0.2) is 0 Å². The van der Waals surface area contributed by atoms with Gasteiger partial charge in [0.05, 0.1) is 19.3 Å². The lowest BCUT2D eigenvalue weighted by Gasteiger charge is -2.04. The molecule has 0 aliphatic carbocycles. The first-order valence-corrected chi connectivity index (χ1v) is 4.83. The molecular formula is C9H15N5O2. The Morgan fingerprint density at radius 2 is 2.19 bits per heavy atom. The van der Waals surface area contributed by atoms with Gasteiger partial charge in [-0.2, -0.15) is 5.10 Å². The van der Waals surface area contributed by atoms with Crippen molar-refractivity contribution in [3.8, 4) is 0 Å². The van der Waals surface area contributed by atoms with Crippen molar-refractivity contribution in [3.05, 3.63) is 18.0 Å². The zero-order valence-corrected chi connectivity index (χ0v) is 9.06. The van der Waals surface area contributed by atoms with E-state index >= 15 is 0 Å². The number of nitrogens with two attached hydrogens (primary N) is 1. The van der Waals surface area contributed by atoms with Crippen LogP contribution in [0.4, 0.5) is 0 Å². The molecule has 0 spiro atoms. The highest BCUT2D eigenvalue weighted by atomic mass is 16.2. The molecule has 0 aliphatic heterocycles. The molecule has 0 unspecified atom stereocenters. The molecule has 1 heterocycles. The second kappa shape index (κ2) is 5.86. The number of hydrogen-bond acceptors (Lipinski definition) is 4. The Labute approximate surface area is 93.0 Å². The van der Waals surface area contributed by atoms with Crippen molar-refractivity contribution in [1.29, 1.82) is 0 Å². The predicted molar refractivity (Wildman–Crippen MR) is 57.1 cm³/mol. The molecule has 7 heteroatoms. The molecule has 0 aliphatic rings. The molecule has 1 aromatic heterocycles. The Hall–Kier alpha value is -1.89. The van der Waals surface area contributed by atoms with E-state index in [1.807, 2.05) is 0 Å². The summed E-state index contributed by atoms with van der Waals surface area (Å²) in [5, 5.41) is 8.98. The molecule has 4 N–H and O–H groups in total. The number of carbonyl (C=O) groups is 2. The largest absolute Gasteiger partial charge is 0.350 e. The molecule has 2 amide bonds. The Morgan fingerprint density at radius 1 is 1.44 bits per heavy atom. The van der Waals surface area contributed by atoms with E-state index in [1.54, 1.807) is 24.1 Å². The predicted octanol–water partition coefficient (Wildman–Crippen LogP) is -1.89. The average Bonchev–Trinajstić information content (AvgIpc) is 2.69. The molecule has 1 aromatic rings. The highest BCUT2D eigenvalue weighted by Crippen LogP contribution is 1.94. The van der Waals surface area contributed by atoms with Crippen LogP contribution in [0.15, 0.2) is 12.4 Å². The zero-order chi connectivity index (χ0) is 12.0. The topological polar surface area (TPSA) is 102 Å². The van der Waals surface area contributed by atoms with E-state index in [4.69, 9.17) is 5.73 Å². The highest BCUT2D eigenvalue weighted by Gasteiger charge is 2.04. The SMILES string of the molecule is Cn1cc(CNC(=O)CNC(=O)CN)cn1. The van der Waals surface area contributed by atoms with Gasteiger partial charge in [0.15, 0.2) is 0 Å². The average molecular weight is 225 g/mol. The van der Waals surface area contributed by atoms with E-state index in [2.05, 4.69) is 15.7 Å². The van der Waals surface area contributed by atoms with Gasteiger partial charge in [0.1, 0.15) is 0 Å². The number of rotatable bonds is 5. The number of aromatic nitrogens is 2. The first-order chi connectivity index (χ1) is 7.61. The van der Waals surface area contributed by atoms with Crippen LogP contribution in [0.2, 0.25) is 0 Å². The second-order valence-electron chi connectivity index (χ2n) is 3.28. The molecule has 0 atom stereocenters. The minimum atomic E-state index is -0.350. The normalized spacial score (nSPS) is 9.88. The van der Waals surface area contributed by atoms with E-state index in [1.165, 1.54) is 0 Å². The van der Waals surface area contributed by atoms with Crippen LogP contribution in [0.5, 0.6) is 0 Å². The van der Waals surface area contributed by atoms with Crippen molar-refractivity contribution in [2.75, 3.05) is 13.1 Å². The fraction of sp³-hybridized carbons (Fsp3) is 0.444. The summed E-state index contributed by atoms with van der Waals surface area (Å²) in [6.45, 7) is 0.220. The van der Waals surface area contributed by atoms with Crippen LogP contribution in [0.3, 0.4) is 0 Å². The van der Waals surface area contributed by atoms with Crippen LogP contribution in [0, 0.1) is 0 Å². The number of nitrogens with one attached hydrogen (secondary N) is 2. The molecule has 7 nitrogen and oxygen atoms in total. The van der Waals surface area contributed by atoms with Gasteiger partial charge in [-0.3, -0.25) is 14.3 Å². The van der Waals surface area contributed by atoms with E-state index < -0.39 is 0 Å². The van der Waals surface area contributed by atoms with Gasteiger partial charge in [0.25, 0.3) is 0 Å². The molecular weight excluding hydrogens is 210 g/mol. The smallest absolute Gasteiger partial charge is 0.239 e. The third kappa shape index (κ3) is 4.09. The minimum Gasteiger partial charge on any atom is -0.350 e. The Balaban J connectivity index is 2.22. The van der Waals surface area contributed by atoms with Crippen LogP contribution in [-0.2, 0) is 23.2 Å². The van der Waals surface area contributed by atoms with Crippen LogP contribution < -0.4 is 16.4 Å². The highest BCUT2D eigenvalue weighted by molar-refractivity contribution is 5.85. The maximum atomic E-state index is 11.2. The van der Waals surface area contributed by atoms with Crippen molar-refractivity contribution in [2.24, 2.45) is 12.8 Å². The molecule has 16 heavy (non-hydrogen) atoms. The van der Waals surface area contributed by atoms with Crippen LogP contribution in [0.1, 0.15) is 5.56 Å². The summed E-state index contributed by atoms with van der Waals surface area (Å²) in [5.41, 5.74) is 5.97. The van der Waals surface area contributed by atoms with E-state index in [-0.39, 0.29) is 24.9 Å². The van der Waals surface area contributed by atoms with Gasteiger partial charge in [0, 0.05) is 25.4 Å². The number of hydrogen-bond donors (Lipinski definition) is 3. The maximum absolute atomic E-state index is 11.2. The van der Waals surface area contributed by atoms with Crippen molar-refractivity contribution in [3.63, 3.8) is 0 Å². The Morgan fingerprint density at radius 3 is 2.75 bits per heavy atom. The van der Waals surface area contributed by atoms with E-state index in [9.17, 15) is 9.59 Å². The van der Waals surface area contributed by atoms with Crippen LogP contribution >= 0.6 is 0 Å². The van der Waals surface area contributed by atoms with Gasteiger partial charge in [-0.15, -0.1) is 0 Å². The molecule has 0 aromatic carbocycles. The summed E-state index contributed by atoms with van der Waals surface area (Å²) in [6.07, 6.45) is 3.47. The monoisotopic (exact) mass is 225 g/mol. The molecule has 0 saturated heterocycles. The summed E-state index contributed by atoms with van der Waals surface area (Å²) >= 11 is 0. The standard InChI is InChI=1S/C9H15N5O2/c1-14-6-7(4-13-14)3-11-9(16)5-12-8(15)2-10/h4,6H,2-3,5,10H2,1H3,(H,11,16)(H,12,15). The summed E-state index contributed by atoms with van der Waals surface area (Å²) < 4.78 is 1.65. The fourth-order valence-corrected chi connectivity index (χ4v) is 1.08. The van der Waals surface area contributed by atoms with Gasteiger partial charge in [-0.05, 0) is 0 Å². The third-order valence-corrected chi connectivity index (χ3v) is 1.88. The van der Waals surface area contributed by atoms with Crippen molar-refractivity contribution >= 4 is 11.8 Å². The number of carbonyl (C=O) groups excluding carboxylic acids is 2. The summed E-state index contributed by atoms with van der Waals surface area (Å²) in [4.78, 5) is 22.0. The summed E-state index contributed by atoms with van der Waals surface area (Å²) in [6, 6.07) is 0. The number of nitrogens with zero attached hydrogens (tertiary/aromatic N) is 2. The third-order valence-electron chi connectivity index (χ3n) is 1.88. The van der Waals surface area contributed by atoms with E-state index in [0.717, 1.165) is 5.56 Å². The van der Waals surface area contributed by atoms with Crippen LogP contribution in [0.25, 0.3) is 0 Å². The quantitative estimate of drug-likeness (QED) is 0.545. The molecule has 0 saturated carbocycles. The van der Waals surface area contributed by atoms with Gasteiger partial charge >= 0.3 is 0 Å². The fourth-order valence-electron chi connectivity index (χ4n) is 1.08. The van der Waals surface area contributed by atoms with Gasteiger partial charge < -0.3 is 16.4 Å². The van der Waals surface area contributed by atoms with Crippen molar-refractivity contribution in [1.82, 2.24) is 20.4 Å². The lowest BCUT2D eigenvalue weighted by atomic mass is 10.3. The molecule has 0 fully saturated rings. The molecule has 0 radical (unpaired) electrons. The number of amides is 2. The van der Waals surface area contributed by atoms with Crippen LogP contribution in [-0.4, -0.2) is 34.7 Å². The minimum absolute atomic E-state index is 0.0592. The second-order valence-corrected chi connectivity index (χ2v) is 3.28. The summed E-state index contributed by atoms with van der Waals surface area (Å²) in [7, 11) is 1.80. The maximum Gasteiger partial charge on any atom is 0.239 e. The Bertz CT molecular complexity index is 374. The molecule has 1 rings (SSSR count). The first-order valence-electron chi connectivity index (χ1n) is 4.83. The van der Waals surface area contributed by atoms with Crippen molar-refractivity contribution < 1.29 is 9.59 Å². The summed E-state index contributed by atoms with van der Waals surface area (Å²) in [5.74, 6) is -0.609. The van der Waals surface area contributed by atoms with Crippen molar-refractivity contribution in [2.45, 2.75) is 6.54 Å². The Kier molecular flexibility index (Phi) is 4.46. The van der Waals surface area contributed by atoms with Gasteiger partial charge in [-0.1, -0.05) is 0 Å². The lowest BCUT2D eigenvalue weighted by Crippen LogP contribution is -2.39. The molecule has 0 bridgehead atoms. The first kappa shape index (κ1) is 12.2. The number of aryl methyl sites for hydroxylation is 1. The lowest BCUT2D eigenvalue weighted by molar-refractivity contribution is -0.125. The van der Waals surface area contributed by atoms with Gasteiger partial charge in [0.2, 0.25) is 11.8 Å².